The van der Waals surface area contributed by atoms with Crippen LogP contribution in [0.15, 0.2) is 53.5 Å². The summed E-state index contributed by atoms with van der Waals surface area (Å²) in [7, 11) is 0. The molecule has 1 aromatic heterocycles. The molecule has 1 aliphatic heterocycles. The lowest BCUT2D eigenvalue weighted by molar-refractivity contribution is 0.0533. The van der Waals surface area contributed by atoms with Gasteiger partial charge >= 0.3 is 0 Å². The van der Waals surface area contributed by atoms with Crippen molar-refractivity contribution in [1.82, 2.24) is 14.8 Å². The van der Waals surface area contributed by atoms with Crippen molar-refractivity contribution in [1.29, 1.82) is 0 Å². The Morgan fingerprint density at radius 1 is 0.828 bits per heavy atom. The van der Waals surface area contributed by atoms with E-state index in [0.717, 1.165) is 12.1 Å². The number of carbonyl (C=O) groups excluding carboxylic acids is 2. The van der Waals surface area contributed by atoms with E-state index in [0.29, 0.717) is 22.4 Å². The minimum atomic E-state index is -0.909. The first kappa shape index (κ1) is 18.8. The second-order valence-corrected chi connectivity index (χ2v) is 6.79. The molecule has 0 unspecified atom stereocenters. The number of halogens is 2. The molecule has 0 atom stereocenters. The largest absolute Gasteiger partial charge is 0.335 e. The van der Waals surface area contributed by atoms with Crippen LogP contribution in [-0.2, 0) is 0 Å². The molecule has 6 nitrogen and oxygen atoms in total. The number of nitrogens with zero attached hydrogens (tertiary/aromatic N) is 2. The number of aromatic nitrogens is 1. The second kappa shape index (κ2) is 7.46. The lowest BCUT2D eigenvalue weighted by Crippen LogP contribution is -2.50. The molecule has 0 radical (unpaired) electrons. The van der Waals surface area contributed by atoms with Crippen molar-refractivity contribution < 1.29 is 18.4 Å². The van der Waals surface area contributed by atoms with Gasteiger partial charge in [0.25, 0.3) is 17.4 Å². The highest BCUT2D eigenvalue weighted by molar-refractivity contribution is 6.06. The summed E-state index contributed by atoms with van der Waals surface area (Å²) < 4.78 is 26.9. The fraction of sp³-hybridized carbons (Fsp3) is 0.190. The summed E-state index contributed by atoms with van der Waals surface area (Å²) >= 11 is 0. The highest BCUT2D eigenvalue weighted by Crippen LogP contribution is 2.19. The average Bonchev–Trinajstić information content (AvgIpc) is 2.73. The van der Waals surface area contributed by atoms with Crippen molar-refractivity contribution in [3.63, 3.8) is 0 Å². The molecular formula is C21H17F2N3O3. The van der Waals surface area contributed by atoms with E-state index in [2.05, 4.69) is 4.98 Å². The first-order valence-electron chi connectivity index (χ1n) is 9.10. The Bertz CT molecular complexity index is 1170. The first-order chi connectivity index (χ1) is 14.0. The van der Waals surface area contributed by atoms with E-state index in [1.165, 1.54) is 11.1 Å². The molecule has 1 aliphatic rings. The van der Waals surface area contributed by atoms with Crippen molar-refractivity contribution in [2.75, 3.05) is 26.2 Å². The van der Waals surface area contributed by atoms with Gasteiger partial charge in [-0.2, -0.15) is 0 Å². The van der Waals surface area contributed by atoms with E-state index in [1.807, 2.05) is 0 Å². The van der Waals surface area contributed by atoms with Crippen LogP contribution in [0.5, 0.6) is 0 Å². The highest BCUT2D eigenvalue weighted by Gasteiger charge is 2.27. The molecule has 0 aliphatic carbocycles. The fourth-order valence-electron chi connectivity index (χ4n) is 3.50. The highest BCUT2D eigenvalue weighted by atomic mass is 19.1. The van der Waals surface area contributed by atoms with Gasteiger partial charge in [-0.1, -0.05) is 18.2 Å². The van der Waals surface area contributed by atoms with Crippen LogP contribution in [0.2, 0.25) is 0 Å². The van der Waals surface area contributed by atoms with E-state index in [-0.39, 0.29) is 43.2 Å². The third-order valence-corrected chi connectivity index (χ3v) is 5.06. The predicted molar refractivity (Wildman–Crippen MR) is 103 cm³/mol. The van der Waals surface area contributed by atoms with Crippen molar-refractivity contribution in [3.8, 4) is 0 Å². The number of amides is 2. The summed E-state index contributed by atoms with van der Waals surface area (Å²) in [6.45, 7) is 0.979. The standard InChI is InChI=1S/C21H17F2N3O3/c22-13-5-6-16(18(23)11-13)20(28)25-7-9-26(10-8-25)21(29)17-12-24-19(27)15-4-2-1-3-14(15)17/h1-6,11-12H,7-10H2,(H,24,27). The van der Waals surface area contributed by atoms with Gasteiger partial charge in [-0.05, 0) is 18.2 Å². The van der Waals surface area contributed by atoms with Gasteiger partial charge in [0.2, 0.25) is 0 Å². The molecule has 1 fully saturated rings. The van der Waals surface area contributed by atoms with Crippen LogP contribution in [0.25, 0.3) is 10.8 Å². The van der Waals surface area contributed by atoms with Gasteiger partial charge in [0.1, 0.15) is 11.6 Å². The SMILES string of the molecule is O=C(c1ccc(F)cc1F)N1CCN(C(=O)c2c[nH]c(=O)c3ccccc23)CC1. The number of hydrogen-bond acceptors (Lipinski definition) is 3. The number of pyridine rings is 1. The minimum absolute atomic E-state index is 0.196. The normalized spacial score (nSPS) is 14.3. The quantitative estimate of drug-likeness (QED) is 0.722. The maximum absolute atomic E-state index is 13.9. The average molecular weight is 397 g/mol. The summed E-state index contributed by atoms with van der Waals surface area (Å²) in [5.41, 5.74) is -0.0868. The van der Waals surface area contributed by atoms with Gasteiger partial charge in [0.15, 0.2) is 0 Å². The molecule has 3 aromatic rings. The van der Waals surface area contributed by atoms with Gasteiger partial charge < -0.3 is 14.8 Å². The molecular weight excluding hydrogens is 380 g/mol. The number of nitrogens with one attached hydrogen (secondary N) is 1. The zero-order valence-corrected chi connectivity index (χ0v) is 15.3. The maximum Gasteiger partial charge on any atom is 0.256 e. The lowest BCUT2D eigenvalue weighted by atomic mass is 10.1. The molecule has 2 aromatic carbocycles. The predicted octanol–water partition coefficient (Wildman–Crippen LogP) is 2.40. The Hall–Kier alpha value is -3.55. The smallest absolute Gasteiger partial charge is 0.256 e. The van der Waals surface area contributed by atoms with Crippen LogP contribution in [0.1, 0.15) is 20.7 Å². The number of aromatic amines is 1. The van der Waals surface area contributed by atoms with E-state index in [4.69, 9.17) is 0 Å². The Kier molecular flexibility index (Phi) is 4.84. The van der Waals surface area contributed by atoms with Crippen LogP contribution in [0, 0.1) is 11.6 Å². The summed E-state index contributed by atoms with van der Waals surface area (Å²) in [4.78, 5) is 43.0. The third-order valence-electron chi connectivity index (χ3n) is 5.06. The van der Waals surface area contributed by atoms with Crippen molar-refractivity contribution in [3.05, 3.63) is 81.8 Å². The van der Waals surface area contributed by atoms with Crippen LogP contribution in [0.4, 0.5) is 8.78 Å². The lowest BCUT2D eigenvalue weighted by Gasteiger charge is -2.35. The zero-order valence-electron chi connectivity index (χ0n) is 15.3. The summed E-state index contributed by atoms with van der Waals surface area (Å²) in [5, 5.41) is 0.993. The molecule has 0 saturated carbocycles. The van der Waals surface area contributed by atoms with E-state index >= 15 is 0 Å². The molecule has 148 valence electrons. The number of H-pyrrole nitrogens is 1. The number of piperazine rings is 1. The number of benzene rings is 2. The summed E-state index contributed by atoms with van der Waals surface area (Å²) in [6, 6.07) is 9.69. The molecule has 0 bridgehead atoms. The van der Waals surface area contributed by atoms with Crippen LogP contribution < -0.4 is 5.56 Å². The van der Waals surface area contributed by atoms with Crippen LogP contribution in [0.3, 0.4) is 0 Å². The summed E-state index contributed by atoms with van der Waals surface area (Å²) in [6.07, 6.45) is 1.40. The molecule has 2 heterocycles. The van der Waals surface area contributed by atoms with Crippen LogP contribution >= 0.6 is 0 Å². The zero-order chi connectivity index (χ0) is 20.5. The van der Waals surface area contributed by atoms with Crippen LogP contribution in [-0.4, -0.2) is 52.8 Å². The molecule has 2 amide bonds. The Morgan fingerprint density at radius 2 is 1.41 bits per heavy atom. The van der Waals surface area contributed by atoms with Gasteiger partial charge in [0.05, 0.1) is 11.1 Å². The van der Waals surface area contributed by atoms with Crippen molar-refractivity contribution in [2.45, 2.75) is 0 Å². The van der Waals surface area contributed by atoms with Gasteiger partial charge in [0, 0.05) is 49.2 Å². The van der Waals surface area contributed by atoms with E-state index < -0.39 is 17.5 Å². The maximum atomic E-state index is 13.9. The monoisotopic (exact) mass is 397 g/mol. The minimum Gasteiger partial charge on any atom is -0.335 e. The Morgan fingerprint density at radius 3 is 2.03 bits per heavy atom. The Labute approximate surface area is 164 Å². The van der Waals surface area contributed by atoms with Gasteiger partial charge in [-0.25, -0.2) is 8.78 Å². The number of hydrogen-bond donors (Lipinski definition) is 1. The number of fused-ring (bicyclic) bond motifs is 1. The molecule has 29 heavy (non-hydrogen) atoms. The van der Waals surface area contributed by atoms with Crippen molar-refractivity contribution in [2.24, 2.45) is 0 Å². The van der Waals surface area contributed by atoms with Gasteiger partial charge in [-0.15, -0.1) is 0 Å². The number of rotatable bonds is 2. The van der Waals surface area contributed by atoms with Gasteiger partial charge in [-0.3, -0.25) is 14.4 Å². The third kappa shape index (κ3) is 3.49. The molecule has 1 N–H and O–H groups in total. The van der Waals surface area contributed by atoms with E-state index in [9.17, 15) is 23.2 Å². The molecule has 1 saturated heterocycles. The fourth-order valence-corrected chi connectivity index (χ4v) is 3.50. The first-order valence-corrected chi connectivity index (χ1v) is 9.10. The number of carbonyl (C=O) groups is 2. The molecule has 0 spiro atoms. The molecule has 8 heteroatoms. The Balaban J connectivity index is 1.50. The topological polar surface area (TPSA) is 73.5 Å². The summed E-state index contributed by atoms with van der Waals surface area (Å²) in [5.74, 6) is -2.45. The molecule has 4 rings (SSSR count). The van der Waals surface area contributed by atoms with Crippen molar-refractivity contribution >= 4 is 22.6 Å². The second-order valence-electron chi connectivity index (χ2n) is 6.79. The van der Waals surface area contributed by atoms with E-state index in [1.54, 1.807) is 29.2 Å².